The molecular formula is C16H17FN2O4S. The normalized spacial score (nSPS) is 11.1. The van der Waals surface area contributed by atoms with Gasteiger partial charge in [-0.25, -0.2) is 12.8 Å². The first-order valence-electron chi connectivity index (χ1n) is 7.08. The van der Waals surface area contributed by atoms with Crippen LogP contribution in [0, 0.1) is 5.82 Å². The van der Waals surface area contributed by atoms with Gasteiger partial charge < -0.3 is 10.1 Å². The molecule has 128 valence electrons. The van der Waals surface area contributed by atoms with E-state index in [1.807, 2.05) is 0 Å². The van der Waals surface area contributed by atoms with Crippen molar-refractivity contribution in [2.75, 3.05) is 25.0 Å². The lowest BCUT2D eigenvalue weighted by Crippen LogP contribution is -2.27. The third-order valence-electron chi connectivity index (χ3n) is 3.09. The quantitative estimate of drug-likeness (QED) is 0.747. The van der Waals surface area contributed by atoms with Crippen LogP contribution in [-0.4, -0.2) is 34.6 Å². The van der Waals surface area contributed by atoms with Crippen molar-refractivity contribution < 1.29 is 22.3 Å². The van der Waals surface area contributed by atoms with Crippen molar-refractivity contribution in [2.24, 2.45) is 0 Å². The van der Waals surface area contributed by atoms with Crippen LogP contribution in [0.4, 0.5) is 10.1 Å². The SMILES string of the molecule is COCCNC(=O)c1cccc(NS(=O)(=O)c2ccccc2F)c1. The van der Waals surface area contributed by atoms with E-state index in [9.17, 15) is 17.6 Å². The monoisotopic (exact) mass is 352 g/mol. The Morgan fingerprint density at radius 2 is 1.92 bits per heavy atom. The summed E-state index contributed by atoms with van der Waals surface area (Å²) in [6.45, 7) is 0.700. The second kappa shape index (κ2) is 7.89. The third-order valence-corrected chi connectivity index (χ3v) is 4.51. The number of ether oxygens (including phenoxy) is 1. The molecule has 0 radical (unpaired) electrons. The molecule has 0 aliphatic heterocycles. The first-order chi connectivity index (χ1) is 11.4. The molecule has 1 amide bonds. The fourth-order valence-corrected chi connectivity index (χ4v) is 3.10. The Kier molecular flexibility index (Phi) is 5.88. The Morgan fingerprint density at radius 1 is 1.17 bits per heavy atom. The molecule has 0 aliphatic rings. The molecule has 0 unspecified atom stereocenters. The van der Waals surface area contributed by atoms with Gasteiger partial charge in [-0.3, -0.25) is 9.52 Å². The molecule has 2 rings (SSSR count). The topological polar surface area (TPSA) is 84.5 Å². The lowest BCUT2D eigenvalue weighted by atomic mass is 10.2. The maximum Gasteiger partial charge on any atom is 0.264 e. The van der Waals surface area contributed by atoms with E-state index in [1.54, 1.807) is 6.07 Å². The van der Waals surface area contributed by atoms with Crippen LogP contribution in [0.25, 0.3) is 0 Å². The van der Waals surface area contributed by atoms with E-state index in [0.717, 1.165) is 6.07 Å². The summed E-state index contributed by atoms with van der Waals surface area (Å²) in [7, 11) is -2.57. The van der Waals surface area contributed by atoms with Crippen LogP contribution in [0.1, 0.15) is 10.4 Å². The fourth-order valence-electron chi connectivity index (χ4n) is 1.97. The fraction of sp³-hybridized carbons (Fsp3) is 0.188. The molecule has 24 heavy (non-hydrogen) atoms. The molecule has 0 aromatic heterocycles. The molecule has 0 spiro atoms. The van der Waals surface area contributed by atoms with Crippen molar-refractivity contribution in [2.45, 2.75) is 4.90 Å². The highest BCUT2D eigenvalue weighted by molar-refractivity contribution is 7.92. The average Bonchev–Trinajstić information content (AvgIpc) is 2.55. The lowest BCUT2D eigenvalue weighted by molar-refractivity contribution is 0.0937. The smallest absolute Gasteiger partial charge is 0.264 e. The second-order valence-corrected chi connectivity index (χ2v) is 6.52. The largest absolute Gasteiger partial charge is 0.383 e. The molecule has 0 atom stereocenters. The number of carbonyl (C=O) groups excluding carboxylic acids is 1. The molecule has 0 aliphatic carbocycles. The molecule has 2 aromatic rings. The Bertz CT molecular complexity index is 824. The number of hydrogen-bond donors (Lipinski definition) is 2. The van der Waals surface area contributed by atoms with Crippen LogP contribution in [0.2, 0.25) is 0 Å². The van der Waals surface area contributed by atoms with Crippen molar-refractivity contribution in [3.8, 4) is 0 Å². The van der Waals surface area contributed by atoms with Gasteiger partial charge in [0.25, 0.3) is 15.9 Å². The number of nitrogens with one attached hydrogen (secondary N) is 2. The number of methoxy groups -OCH3 is 1. The minimum Gasteiger partial charge on any atom is -0.383 e. The summed E-state index contributed by atoms with van der Waals surface area (Å²) in [5.41, 5.74) is 0.442. The van der Waals surface area contributed by atoms with Gasteiger partial charge in [-0.2, -0.15) is 0 Å². The van der Waals surface area contributed by atoms with Crippen molar-refractivity contribution in [1.29, 1.82) is 0 Å². The van der Waals surface area contributed by atoms with Gasteiger partial charge in [0.05, 0.1) is 6.61 Å². The van der Waals surface area contributed by atoms with Crippen molar-refractivity contribution in [3.05, 3.63) is 59.9 Å². The molecule has 0 heterocycles. The molecule has 0 saturated carbocycles. The predicted molar refractivity (Wildman–Crippen MR) is 87.9 cm³/mol. The van der Waals surface area contributed by atoms with Gasteiger partial charge in [0.2, 0.25) is 0 Å². The van der Waals surface area contributed by atoms with Crippen LogP contribution in [0.5, 0.6) is 0 Å². The average molecular weight is 352 g/mol. The van der Waals surface area contributed by atoms with E-state index >= 15 is 0 Å². The summed E-state index contributed by atoms with van der Waals surface area (Å²) < 4.78 is 45.3. The zero-order valence-electron chi connectivity index (χ0n) is 13.0. The summed E-state index contributed by atoms with van der Waals surface area (Å²) in [5.74, 6) is -1.21. The van der Waals surface area contributed by atoms with Crippen LogP contribution >= 0.6 is 0 Å². The second-order valence-electron chi connectivity index (χ2n) is 4.87. The Morgan fingerprint density at radius 3 is 2.62 bits per heavy atom. The Labute approximate surface area is 139 Å². The molecular weight excluding hydrogens is 335 g/mol. The number of halogens is 1. The van der Waals surface area contributed by atoms with E-state index in [-0.39, 0.29) is 17.2 Å². The van der Waals surface area contributed by atoms with Crippen LogP contribution in [0.15, 0.2) is 53.4 Å². The van der Waals surface area contributed by atoms with Crippen LogP contribution in [-0.2, 0) is 14.8 Å². The standard InChI is InChI=1S/C16H17FN2O4S/c1-23-10-9-18-16(20)12-5-4-6-13(11-12)19-24(21,22)15-8-3-2-7-14(15)17/h2-8,11,19H,9-10H2,1H3,(H,18,20). The van der Waals surface area contributed by atoms with E-state index in [4.69, 9.17) is 4.74 Å². The number of carbonyl (C=O) groups is 1. The number of benzene rings is 2. The Balaban J connectivity index is 2.17. The van der Waals surface area contributed by atoms with E-state index < -0.39 is 20.7 Å². The van der Waals surface area contributed by atoms with Gasteiger partial charge in [-0.15, -0.1) is 0 Å². The first kappa shape index (κ1) is 17.9. The molecule has 0 bridgehead atoms. The number of sulfonamides is 1. The molecule has 0 fully saturated rings. The number of anilines is 1. The van der Waals surface area contributed by atoms with Crippen molar-refractivity contribution >= 4 is 21.6 Å². The van der Waals surface area contributed by atoms with Crippen LogP contribution in [0.3, 0.4) is 0 Å². The maximum absolute atomic E-state index is 13.7. The molecule has 2 aromatic carbocycles. The molecule has 8 heteroatoms. The van der Waals surface area contributed by atoms with E-state index in [1.165, 1.54) is 43.5 Å². The lowest BCUT2D eigenvalue weighted by Gasteiger charge is -2.10. The summed E-state index contributed by atoms with van der Waals surface area (Å²) in [5, 5.41) is 2.63. The third kappa shape index (κ3) is 4.53. The molecule has 6 nitrogen and oxygen atoms in total. The molecule has 0 saturated heterocycles. The van der Waals surface area contributed by atoms with Gasteiger partial charge >= 0.3 is 0 Å². The minimum atomic E-state index is -4.08. The van der Waals surface area contributed by atoms with E-state index in [2.05, 4.69) is 10.0 Å². The highest BCUT2D eigenvalue weighted by atomic mass is 32.2. The Hall–Kier alpha value is -2.45. The summed E-state index contributed by atoms with van der Waals surface area (Å²) >= 11 is 0. The van der Waals surface area contributed by atoms with Gasteiger partial charge in [0.1, 0.15) is 10.7 Å². The summed E-state index contributed by atoms with van der Waals surface area (Å²) in [4.78, 5) is 11.5. The van der Waals surface area contributed by atoms with Gasteiger partial charge in [-0.1, -0.05) is 18.2 Å². The molecule has 2 N–H and O–H groups in total. The minimum absolute atomic E-state index is 0.164. The highest BCUT2D eigenvalue weighted by Crippen LogP contribution is 2.19. The zero-order valence-corrected chi connectivity index (χ0v) is 13.8. The zero-order chi connectivity index (χ0) is 17.6. The van der Waals surface area contributed by atoms with Gasteiger partial charge in [0, 0.05) is 24.9 Å². The van der Waals surface area contributed by atoms with Gasteiger partial charge in [0.15, 0.2) is 0 Å². The number of amides is 1. The predicted octanol–water partition coefficient (Wildman–Crippen LogP) is 2.00. The summed E-state index contributed by atoms with van der Waals surface area (Å²) in [6, 6.07) is 11.0. The van der Waals surface area contributed by atoms with Gasteiger partial charge in [-0.05, 0) is 30.3 Å². The van der Waals surface area contributed by atoms with Crippen molar-refractivity contribution in [3.63, 3.8) is 0 Å². The first-order valence-corrected chi connectivity index (χ1v) is 8.57. The number of hydrogen-bond acceptors (Lipinski definition) is 4. The maximum atomic E-state index is 13.7. The van der Waals surface area contributed by atoms with Crippen molar-refractivity contribution in [1.82, 2.24) is 5.32 Å². The van der Waals surface area contributed by atoms with Crippen LogP contribution < -0.4 is 10.0 Å². The number of rotatable bonds is 7. The summed E-state index contributed by atoms with van der Waals surface area (Å²) in [6.07, 6.45) is 0. The highest BCUT2D eigenvalue weighted by Gasteiger charge is 2.19. The van der Waals surface area contributed by atoms with E-state index in [0.29, 0.717) is 13.2 Å².